The quantitative estimate of drug-likeness (QED) is 0.637. The standard InChI is InChI=1S/C9H17NO3/c1-2-7(11)3-4-10-6-8(12)5-9(10)13/h7-8,11-12H,2-6H2,1H3. The third-order valence-electron chi connectivity index (χ3n) is 2.40. The molecule has 2 unspecified atom stereocenters. The molecule has 1 heterocycles. The van der Waals surface area contributed by atoms with E-state index in [1.807, 2.05) is 6.92 Å². The van der Waals surface area contributed by atoms with Crippen molar-refractivity contribution in [1.29, 1.82) is 0 Å². The maximum absolute atomic E-state index is 11.2. The van der Waals surface area contributed by atoms with Gasteiger partial charge in [0.05, 0.1) is 18.6 Å². The van der Waals surface area contributed by atoms with Crippen molar-refractivity contribution in [2.45, 2.75) is 38.4 Å². The van der Waals surface area contributed by atoms with E-state index in [9.17, 15) is 9.90 Å². The third kappa shape index (κ3) is 2.97. The molecule has 0 radical (unpaired) electrons. The van der Waals surface area contributed by atoms with Crippen LogP contribution in [0.4, 0.5) is 0 Å². The second-order valence-corrected chi connectivity index (χ2v) is 3.55. The molecule has 0 aromatic carbocycles. The molecule has 76 valence electrons. The Balaban J connectivity index is 2.25. The lowest BCUT2D eigenvalue weighted by atomic mass is 10.2. The maximum Gasteiger partial charge on any atom is 0.225 e. The summed E-state index contributed by atoms with van der Waals surface area (Å²) in [5.74, 6) is -0.00389. The van der Waals surface area contributed by atoms with Crippen LogP contribution in [0.15, 0.2) is 0 Å². The highest BCUT2D eigenvalue weighted by Gasteiger charge is 2.27. The number of hydrogen-bond donors (Lipinski definition) is 2. The molecular weight excluding hydrogens is 170 g/mol. The lowest BCUT2D eigenvalue weighted by Crippen LogP contribution is -2.29. The maximum atomic E-state index is 11.2. The predicted octanol–water partition coefficient (Wildman–Crippen LogP) is -0.259. The number of carbonyl (C=O) groups excluding carboxylic acids is 1. The molecule has 4 heteroatoms. The molecule has 0 aliphatic carbocycles. The average Bonchev–Trinajstić information content (AvgIpc) is 2.41. The van der Waals surface area contributed by atoms with Gasteiger partial charge in [0, 0.05) is 13.1 Å². The van der Waals surface area contributed by atoms with Gasteiger partial charge in [-0.25, -0.2) is 0 Å². The molecule has 1 amide bonds. The number of aliphatic hydroxyl groups is 2. The van der Waals surface area contributed by atoms with Gasteiger partial charge in [0.1, 0.15) is 0 Å². The Morgan fingerprint density at radius 3 is 2.85 bits per heavy atom. The van der Waals surface area contributed by atoms with Crippen molar-refractivity contribution in [3.05, 3.63) is 0 Å². The largest absolute Gasteiger partial charge is 0.393 e. The monoisotopic (exact) mass is 187 g/mol. The van der Waals surface area contributed by atoms with Crippen LogP contribution >= 0.6 is 0 Å². The van der Waals surface area contributed by atoms with Crippen molar-refractivity contribution < 1.29 is 15.0 Å². The van der Waals surface area contributed by atoms with Crippen molar-refractivity contribution in [2.24, 2.45) is 0 Å². The minimum atomic E-state index is -0.508. The van der Waals surface area contributed by atoms with Crippen molar-refractivity contribution in [3.8, 4) is 0 Å². The fourth-order valence-corrected chi connectivity index (χ4v) is 1.48. The summed E-state index contributed by atoms with van der Waals surface area (Å²) < 4.78 is 0. The highest BCUT2D eigenvalue weighted by atomic mass is 16.3. The molecule has 1 rings (SSSR count). The summed E-state index contributed by atoms with van der Waals surface area (Å²) >= 11 is 0. The third-order valence-corrected chi connectivity index (χ3v) is 2.40. The second kappa shape index (κ2) is 4.58. The number of likely N-dealkylation sites (tertiary alicyclic amines) is 1. The Bertz CT molecular complexity index is 184. The first-order valence-electron chi connectivity index (χ1n) is 4.77. The minimum absolute atomic E-state index is 0.00389. The van der Waals surface area contributed by atoms with E-state index < -0.39 is 6.10 Å². The van der Waals surface area contributed by atoms with Crippen molar-refractivity contribution in [1.82, 2.24) is 4.90 Å². The van der Waals surface area contributed by atoms with E-state index in [1.165, 1.54) is 0 Å². The molecule has 1 saturated heterocycles. The van der Waals surface area contributed by atoms with Crippen LogP contribution in [0.3, 0.4) is 0 Å². The van der Waals surface area contributed by atoms with Crippen molar-refractivity contribution in [2.75, 3.05) is 13.1 Å². The predicted molar refractivity (Wildman–Crippen MR) is 48.1 cm³/mol. The Morgan fingerprint density at radius 2 is 2.38 bits per heavy atom. The van der Waals surface area contributed by atoms with Gasteiger partial charge in [-0.1, -0.05) is 6.92 Å². The Labute approximate surface area is 78.2 Å². The molecule has 0 spiro atoms. The SMILES string of the molecule is CCC(O)CCN1CC(O)CC1=O. The van der Waals surface area contributed by atoms with E-state index >= 15 is 0 Å². The number of carbonyl (C=O) groups is 1. The van der Waals surface area contributed by atoms with Crippen LogP contribution in [-0.4, -0.2) is 46.3 Å². The first-order chi connectivity index (χ1) is 6.13. The molecule has 2 atom stereocenters. The van der Waals surface area contributed by atoms with Gasteiger partial charge >= 0.3 is 0 Å². The summed E-state index contributed by atoms with van der Waals surface area (Å²) in [7, 11) is 0. The normalized spacial score (nSPS) is 25.3. The molecule has 1 aliphatic rings. The number of β-amino-alcohol motifs (C(OH)–C–C–N with tert-alkyl or cyclic N) is 1. The van der Waals surface area contributed by atoms with E-state index in [0.29, 0.717) is 25.9 Å². The van der Waals surface area contributed by atoms with Gasteiger partial charge in [-0.3, -0.25) is 4.79 Å². The zero-order valence-corrected chi connectivity index (χ0v) is 7.94. The van der Waals surface area contributed by atoms with Gasteiger partial charge in [-0.2, -0.15) is 0 Å². The van der Waals surface area contributed by atoms with E-state index in [-0.39, 0.29) is 18.4 Å². The van der Waals surface area contributed by atoms with Gasteiger partial charge < -0.3 is 15.1 Å². The molecule has 2 N–H and O–H groups in total. The summed E-state index contributed by atoms with van der Waals surface area (Å²) in [6.07, 6.45) is 0.721. The van der Waals surface area contributed by atoms with Crippen molar-refractivity contribution in [3.63, 3.8) is 0 Å². The Kier molecular flexibility index (Phi) is 3.69. The van der Waals surface area contributed by atoms with E-state index in [2.05, 4.69) is 0 Å². The van der Waals surface area contributed by atoms with Gasteiger partial charge in [-0.15, -0.1) is 0 Å². The zero-order chi connectivity index (χ0) is 9.84. The zero-order valence-electron chi connectivity index (χ0n) is 7.94. The molecule has 1 aliphatic heterocycles. The number of rotatable bonds is 4. The van der Waals surface area contributed by atoms with Crippen LogP contribution in [0.25, 0.3) is 0 Å². The van der Waals surface area contributed by atoms with Gasteiger partial charge in [0.2, 0.25) is 5.91 Å². The van der Waals surface area contributed by atoms with E-state index in [0.717, 1.165) is 0 Å². The summed E-state index contributed by atoms with van der Waals surface area (Å²) in [6, 6.07) is 0. The molecule has 4 nitrogen and oxygen atoms in total. The lowest BCUT2D eigenvalue weighted by molar-refractivity contribution is -0.128. The van der Waals surface area contributed by atoms with Gasteiger partial charge in [0.15, 0.2) is 0 Å². The average molecular weight is 187 g/mol. The molecule has 0 aromatic heterocycles. The first-order valence-corrected chi connectivity index (χ1v) is 4.77. The van der Waals surface area contributed by atoms with Crippen LogP contribution in [-0.2, 0) is 4.79 Å². The van der Waals surface area contributed by atoms with Crippen LogP contribution in [0.5, 0.6) is 0 Å². The minimum Gasteiger partial charge on any atom is -0.393 e. The summed E-state index contributed by atoms with van der Waals surface area (Å²) in [4.78, 5) is 12.8. The molecule has 13 heavy (non-hydrogen) atoms. The van der Waals surface area contributed by atoms with Crippen LogP contribution < -0.4 is 0 Å². The van der Waals surface area contributed by atoms with E-state index in [4.69, 9.17) is 5.11 Å². The molecule has 1 fully saturated rings. The van der Waals surface area contributed by atoms with Crippen molar-refractivity contribution >= 4 is 5.91 Å². The summed E-state index contributed by atoms with van der Waals surface area (Å²) in [6.45, 7) is 2.89. The second-order valence-electron chi connectivity index (χ2n) is 3.55. The highest BCUT2D eigenvalue weighted by molar-refractivity contribution is 5.78. The topological polar surface area (TPSA) is 60.8 Å². The molecular formula is C9H17NO3. The fraction of sp³-hybridized carbons (Fsp3) is 0.889. The van der Waals surface area contributed by atoms with Crippen LogP contribution in [0, 0.1) is 0 Å². The van der Waals surface area contributed by atoms with E-state index in [1.54, 1.807) is 4.90 Å². The fourth-order valence-electron chi connectivity index (χ4n) is 1.48. The number of nitrogens with zero attached hydrogens (tertiary/aromatic N) is 1. The van der Waals surface area contributed by atoms with Crippen LogP contribution in [0.2, 0.25) is 0 Å². The first kappa shape index (κ1) is 10.5. The number of amides is 1. The van der Waals surface area contributed by atoms with Gasteiger partial charge in [0.25, 0.3) is 0 Å². The van der Waals surface area contributed by atoms with Crippen LogP contribution in [0.1, 0.15) is 26.2 Å². The summed E-state index contributed by atoms with van der Waals surface area (Å²) in [5, 5.41) is 18.4. The highest BCUT2D eigenvalue weighted by Crippen LogP contribution is 2.11. The van der Waals surface area contributed by atoms with Gasteiger partial charge in [-0.05, 0) is 12.8 Å². The lowest BCUT2D eigenvalue weighted by Gasteiger charge is -2.17. The Hall–Kier alpha value is -0.610. The summed E-state index contributed by atoms with van der Waals surface area (Å²) in [5.41, 5.74) is 0. The molecule has 0 aromatic rings. The molecule has 0 saturated carbocycles. The number of hydrogen-bond acceptors (Lipinski definition) is 3. The smallest absolute Gasteiger partial charge is 0.225 e. The Morgan fingerprint density at radius 1 is 1.69 bits per heavy atom. The molecule has 0 bridgehead atoms. The number of aliphatic hydroxyl groups excluding tert-OH is 2.